The molecule has 4 heteroatoms. The lowest BCUT2D eigenvalue weighted by Crippen LogP contribution is -2.57. The molecule has 0 bridgehead atoms. The minimum Gasteiger partial charge on any atom is -0.255 e. The first-order chi connectivity index (χ1) is 35.0. The number of nitrogens with zero attached hydrogens (tertiary/aromatic N) is 2. The molecule has 0 N–H and O–H groups in total. The summed E-state index contributed by atoms with van der Waals surface area (Å²) in [6.45, 7) is 45.5. The number of benzene rings is 6. The molecule has 8 aromatic rings. The van der Waals surface area contributed by atoms with Crippen LogP contribution in [-0.4, -0.2) is 23.4 Å². The third-order valence-corrected chi connectivity index (χ3v) is 16.5. The average Bonchev–Trinajstić information content (AvgIpc) is 3.31. The Labute approximate surface area is 446 Å². The van der Waals surface area contributed by atoms with Crippen LogP contribution in [0.1, 0.15) is 134 Å². The summed E-state index contributed by atoms with van der Waals surface area (Å²) in [5.74, 6) is 14.4. The fourth-order valence-corrected chi connectivity index (χ4v) is 12.9. The molecule has 0 atom stereocenters. The van der Waals surface area contributed by atoms with E-state index in [1.165, 1.54) is 144 Å². The van der Waals surface area contributed by atoms with Gasteiger partial charge in [-0.1, -0.05) is 194 Å². The van der Waals surface area contributed by atoms with Gasteiger partial charge in [0.2, 0.25) is 13.4 Å². The lowest BCUT2D eigenvalue weighted by molar-refractivity contribution is 1.23. The molecule has 0 saturated carbocycles. The Kier molecular flexibility index (Phi) is 15.1. The summed E-state index contributed by atoms with van der Waals surface area (Å²) in [6, 6.07) is 26.9. The first-order valence-corrected chi connectivity index (χ1v) is 26.5. The van der Waals surface area contributed by atoms with Gasteiger partial charge in [0.05, 0.1) is 11.4 Å². The highest BCUT2D eigenvalue weighted by Crippen LogP contribution is 2.26. The molecular formula is C70H74B2N2. The number of pyridine rings is 2. The maximum atomic E-state index is 4.80. The quantitative estimate of drug-likeness (QED) is 0.117. The van der Waals surface area contributed by atoms with E-state index in [2.05, 4.69) is 223 Å². The van der Waals surface area contributed by atoms with Crippen LogP contribution in [0.3, 0.4) is 0 Å². The third-order valence-electron chi connectivity index (χ3n) is 16.5. The van der Waals surface area contributed by atoms with E-state index in [0.717, 1.165) is 33.6 Å². The van der Waals surface area contributed by atoms with Gasteiger partial charge in [-0.15, -0.1) is 0 Å². The van der Waals surface area contributed by atoms with Gasteiger partial charge in [0.1, 0.15) is 0 Å². The topological polar surface area (TPSA) is 25.8 Å². The first kappa shape index (κ1) is 53.2. The second-order valence-corrected chi connectivity index (χ2v) is 22.1. The van der Waals surface area contributed by atoms with Crippen LogP contribution in [0, 0.1) is 162 Å². The lowest BCUT2D eigenvalue weighted by Gasteiger charge is -2.29. The van der Waals surface area contributed by atoms with Crippen molar-refractivity contribution in [3.63, 3.8) is 0 Å². The number of rotatable bonds is 7. The molecule has 0 spiro atoms. The van der Waals surface area contributed by atoms with E-state index < -0.39 is 0 Å². The number of hydrogen-bond donors (Lipinski definition) is 0. The normalized spacial score (nSPS) is 11.0. The molecule has 0 amide bonds. The molecule has 2 heterocycles. The monoisotopic (exact) mass is 965 g/mol. The first-order valence-electron chi connectivity index (χ1n) is 26.5. The Morgan fingerprint density at radius 1 is 0.270 bits per heavy atom. The Hall–Kier alpha value is -7.13. The summed E-state index contributed by atoms with van der Waals surface area (Å²) in [4.78, 5) is 9.60. The van der Waals surface area contributed by atoms with Crippen molar-refractivity contribution in [1.82, 2.24) is 9.97 Å². The van der Waals surface area contributed by atoms with E-state index in [1.807, 2.05) is 24.5 Å². The molecule has 370 valence electrons. The van der Waals surface area contributed by atoms with Crippen molar-refractivity contribution in [3.05, 3.63) is 219 Å². The van der Waals surface area contributed by atoms with Gasteiger partial charge in [0.25, 0.3) is 0 Å². The van der Waals surface area contributed by atoms with Crippen molar-refractivity contribution in [2.24, 2.45) is 0 Å². The van der Waals surface area contributed by atoms with E-state index >= 15 is 0 Å². The van der Waals surface area contributed by atoms with Crippen molar-refractivity contribution in [3.8, 4) is 35.1 Å². The van der Waals surface area contributed by atoms with Crippen LogP contribution < -0.4 is 32.8 Å². The second-order valence-electron chi connectivity index (χ2n) is 22.1. The summed E-state index contributed by atoms with van der Waals surface area (Å²) in [5.41, 5.74) is 39.9. The van der Waals surface area contributed by atoms with Crippen molar-refractivity contribution < 1.29 is 0 Å². The fraction of sp³-hybridized carbons (Fsp3) is 0.286. The van der Waals surface area contributed by atoms with Crippen LogP contribution in [0.25, 0.3) is 11.4 Å². The molecule has 0 aliphatic carbocycles. The summed E-state index contributed by atoms with van der Waals surface area (Å²) in [6.07, 6.45) is 3.68. The smallest absolute Gasteiger partial charge is 0.243 e. The summed E-state index contributed by atoms with van der Waals surface area (Å²) < 4.78 is 0. The molecule has 6 aromatic carbocycles. The Bertz CT molecular complexity index is 3240. The molecule has 0 fully saturated rings. The number of aryl methyl sites for hydroxylation is 12. The molecule has 0 aliphatic heterocycles. The lowest BCUT2D eigenvalue weighted by atomic mass is 9.32. The third kappa shape index (κ3) is 9.98. The van der Waals surface area contributed by atoms with Gasteiger partial charge in [-0.3, -0.25) is 9.97 Å². The van der Waals surface area contributed by atoms with E-state index in [4.69, 9.17) is 9.97 Å². The minimum absolute atomic E-state index is 0.0993. The second kappa shape index (κ2) is 21.0. The maximum Gasteiger partial charge on any atom is 0.243 e. The summed E-state index contributed by atoms with van der Waals surface area (Å²) >= 11 is 0. The standard InChI is InChI=1S/C70H74B2N2/c1-39-29-43(5)65(44(6)30-39)71(66-45(7)31-40(2)32-46(66)8)69-55(17)51(13)61(52(14)56(69)18)23-21-59-25-27-73-63(37-59)64-38-60(26-28-74-64)22-24-62-53(15)57(19)70(58(20)54(62)16)72(67-47(9)33-41(3)34-48(67)10)68-49(11)35-42(4)36-50(68)12/h25-38H,1-20H3. The van der Waals surface area contributed by atoms with Gasteiger partial charge in [0, 0.05) is 34.6 Å². The van der Waals surface area contributed by atoms with Crippen LogP contribution in [0.5, 0.6) is 0 Å². The predicted molar refractivity (Wildman–Crippen MR) is 322 cm³/mol. The van der Waals surface area contributed by atoms with Crippen molar-refractivity contribution >= 4 is 46.2 Å². The van der Waals surface area contributed by atoms with Gasteiger partial charge in [-0.25, -0.2) is 0 Å². The van der Waals surface area contributed by atoms with Gasteiger partial charge >= 0.3 is 0 Å². The average molecular weight is 965 g/mol. The van der Waals surface area contributed by atoms with Crippen molar-refractivity contribution in [1.29, 1.82) is 0 Å². The molecule has 74 heavy (non-hydrogen) atoms. The molecule has 0 unspecified atom stereocenters. The highest BCUT2D eigenvalue weighted by Gasteiger charge is 2.34. The van der Waals surface area contributed by atoms with Crippen LogP contribution in [0.15, 0.2) is 85.2 Å². The zero-order chi connectivity index (χ0) is 53.8. The highest BCUT2D eigenvalue weighted by molar-refractivity contribution is 6.97. The Balaban J connectivity index is 1.15. The molecule has 0 aliphatic rings. The number of aromatic nitrogens is 2. The Morgan fingerprint density at radius 2 is 0.500 bits per heavy atom. The Morgan fingerprint density at radius 3 is 0.730 bits per heavy atom. The van der Waals surface area contributed by atoms with Gasteiger partial charge < -0.3 is 0 Å². The molecule has 0 radical (unpaired) electrons. The van der Waals surface area contributed by atoms with Crippen molar-refractivity contribution in [2.75, 3.05) is 0 Å². The predicted octanol–water partition coefficient (Wildman–Crippen LogP) is 12.1. The molecule has 2 aromatic heterocycles. The van der Waals surface area contributed by atoms with Crippen LogP contribution in [0.4, 0.5) is 0 Å². The van der Waals surface area contributed by atoms with Gasteiger partial charge in [0.15, 0.2) is 0 Å². The molecule has 0 saturated heterocycles. The van der Waals surface area contributed by atoms with Crippen LogP contribution in [0.2, 0.25) is 0 Å². The zero-order valence-electron chi connectivity index (χ0n) is 48.1. The van der Waals surface area contributed by atoms with E-state index in [1.54, 1.807) is 0 Å². The van der Waals surface area contributed by atoms with Crippen molar-refractivity contribution in [2.45, 2.75) is 138 Å². The van der Waals surface area contributed by atoms with E-state index in [-0.39, 0.29) is 13.4 Å². The fourth-order valence-electron chi connectivity index (χ4n) is 12.9. The SMILES string of the molecule is Cc1cc(C)c(B(c2c(C)cc(C)cc2C)c2c(C)c(C)c(C#Cc3ccnc(-c4cc(C#Cc5c(C)c(C)c(B(c6c(C)cc(C)cc6C)c6c(C)cc(C)cc6C)c(C)c5C)ccn4)c3)c(C)c2C)c(C)c1. The van der Waals surface area contributed by atoms with Crippen LogP contribution in [-0.2, 0) is 0 Å². The van der Waals surface area contributed by atoms with E-state index in [0.29, 0.717) is 0 Å². The van der Waals surface area contributed by atoms with Gasteiger partial charge in [-0.2, -0.15) is 0 Å². The largest absolute Gasteiger partial charge is 0.255 e. The number of hydrogen-bond acceptors (Lipinski definition) is 2. The van der Waals surface area contributed by atoms with E-state index in [9.17, 15) is 0 Å². The highest BCUT2D eigenvalue weighted by atomic mass is 14.8. The zero-order valence-corrected chi connectivity index (χ0v) is 48.1. The van der Waals surface area contributed by atoms with Crippen LogP contribution >= 0.6 is 0 Å². The summed E-state index contributed by atoms with van der Waals surface area (Å²) in [7, 11) is 0. The summed E-state index contributed by atoms with van der Waals surface area (Å²) in [5, 5.41) is 0. The van der Waals surface area contributed by atoms with Gasteiger partial charge in [-0.05, 0) is 185 Å². The molecule has 2 nitrogen and oxygen atoms in total. The minimum atomic E-state index is 0.0993. The molecule has 8 rings (SSSR count). The molecular weight excluding hydrogens is 890 g/mol. The maximum absolute atomic E-state index is 4.80.